The zero-order valence-corrected chi connectivity index (χ0v) is 17.5. The van der Waals surface area contributed by atoms with Gasteiger partial charge in [0.25, 0.3) is 5.91 Å². The number of carbonyl (C=O) groups is 2. The van der Waals surface area contributed by atoms with E-state index in [1.807, 2.05) is 66.7 Å². The first kappa shape index (κ1) is 19.9. The Balaban J connectivity index is 1.36. The van der Waals surface area contributed by atoms with Crippen molar-refractivity contribution >= 4 is 23.1 Å². The molecule has 0 spiro atoms. The third-order valence-electron chi connectivity index (χ3n) is 5.82. The minimum Gasteiger partial charge on any atom is -0.338 e. The number of rotatable bonds is 4. The number of anilines is 1. The van der Waals surface area contributed by atoms with Crippen LogP contribution >= 0.6 is 0 Å². The number of likely N-dealkylation sites (tertiary alicyclic amines) is 1. The highest BCUT2D eigenvalue weighted by atomic mass is 16.2. The van der Waals surface area contributed by atoms with Crippen LogP contribution in [0.3, 0.4) is 0 Å². The average Bonchev–Trinajstić information content (AvgIpc) is 3.29. The van der Waals surface area contributed by atoms with E-state index in [0.29, 0.717) is 24.3 Å². The molecule has 2 amide bonds. The molecule has 1 fully saturated rings. The molecule has 1 atom stereocenters. The van der Waals surface area contributed by atoms with Crippen LogP contribution in [0.15, 0.2) is 79.1 Å². The molecule has 3 heterocycles. The maximum absolute atomic E-state index is 13.3. The van der Waals surface area contributed by atoms with Crippen molar-refractivity contribution in [3.63, 3.8) is 0 Å². The van der Waals surface area contributed by atoms with Crippen molar-refractivity contribution in [2.45, 2.75) is 12.8 Å². The molecule has 0 aliphatic carbocycles. The molecule has 7 heteroatoms. The molecule has 2 aromatic heterocycles. The van der Waals surface area contributed by atoms with Gasteiger partial charge in [-0.1, -0.05) is 48.5 Å². The Hall–Kier alpha value is -4.00. The van der Waals surface area contributed by atoms with Crippen LogP contribution in [0, 0.1) is 5.92 Å². The molecule has 2 aromatic carbocycles. The fourth-order valence-electron chi connectivity index (χ4n) is 4.18. The van der Waals surface area contributed by atoms with Gasteiger partial charge in [0.15, 0.2) is 5.65 Å². The van der Waals surface area contributed by atoms with E-state index < -0.39 is 0 Å². The fraction of sp³-hybridized carbons (Fsp3) is 0.200. The van der Waals surface area contributed by atoms with Gasteiger partial charge in [-0.2, -0.15) is 5.10 Å². The van der Waals surface area contributed by atoms with E-state index in [9.17, 15) is 9.59 Å². The van der Waals surface area contributed by atoms with Gasteiger partial charge >= 0.3 is 0 Å². The largest absolute Gasteiger partial charge is 0.338 e. The third-order valence-corrected chi connectivity index (χ3v) is 5.82. The molecule has 5 rings (SSSR count). The molecule has 1 N–H and O–H groups in total. The SMILES string of the molecule is O=C(Nc1ccccc1)C1CCCN(C(=O)c2cnn3c(-c4ccccc4)ccnc23)C1. The minimum absolute atomic E-state index is 0.0574. The van der Waals surface area contributed by atoms with E-state index in [1.54, 1.807) is 21.8 Å². The molecule has 0 bridgehead atoms. The van der Waals surface area contributed by atoms with E-state index >= 15 is 0 Å². The molecular weight excluding hydrogens is 402 g/mol. The Labute approximate surface area is 185 Å². The van der Waals surface area contributed by atoms with Crippen molar-refractivity contribution in [3.8, 4) is 11.3 Å². The molecular formula is C25H23N5O2. The molecule has 0 saturated carbocycles. The maximum Gasteiger partial charge on any atom is 0.259 e. The number of para-hydroxylation sites is 1. The van der Waals surface area contributed by atoms with E-state index in [1.165, 1.54) is 0 Å². The number of nitrogens with zero attached hydrogens (tertiary/aromatic N) is 4. The molecule has 0 radical (unpaired) electrons. The highest BCUT2D eigenvalue weighted by Crippen LogP contribution is 2.24. The lowest BCUT2D eigenvalue weighted by molar-refractivity contribution is -0.121. The standard InChI is InChI=1S/C25H23N5O2/c31-24(28-20-11-5-2-6-12-20)19-10-7-15-29(17-19)25(32)21-16-27-30-22(13-14-26-23(21)30)18-8-3-1-4-9-18/h1-6,8-9,11-14,16,19H,7,10,15,17H2,(H,28,31). The van der Waals surface area contributed by atoms with Crippen molar-refractivity contribution < 1.29 is 9.59 Å². The fourth-order valence-corrected chi connectivity index (χ4v) is 4.18. The summed E-state index contributed by atoms with van der Waals surface area (Å²) in [4.78, 5) is 32.3. The van der Waals surface area contributed by atoms with Gasteiger partial charge in [0, 0.05) is 30.5 Å². The molecule has 1 aliphatic heterocycles. The zero-order valence-electron chi connectivity index (χ0n) is 17.5. The van der Waals surface area contributed by atoms with Gasteiger partial charge in [0.05, 0.1) is 17.8 Å². The van der Waals surface area contributed by atoms with Gasteiger partial charge in [-0.3, -0.25) is 9.59 Å². The number of benzene rings is 2. The number of hydrogen-bond donors (Lipinski definition) is 1. The van der Waals surface area contributed by atoms with Gasteiger partial charge < -0.3 is 10.2 Å². The number of aromatic nitrogens is 3. The lowest BCUT2D eigenvalue weighted by Gasteiger charge is -2.31. The normalized spacial score (nSPS) is 16.1. The second-order valence-electron chi connectivity index (χ2n) is 7.94. The van der Waals surface area contributed by atoms with Crippen molar-refractivity contribution in [1.82, 2.24) is 19.5 Å². The van der Waals surface area contributed by atoms with Gasteiger partial charge in [-0.15, -0.1) is 0 Å². The lowest BCUT2D eigenvalue weighted by Crippen LogP contribution is -2.43. The summed E-state index contributed by atoms with van der Waals surface area (Å²) in [6.45, 7) is 0.997. The van der Waals surface area contributed by atoms with Gasteiger partial charge in [-0.25, -0.2) is 9.50 Å². The number of hydrogen-bond acceptors (Lipinski definition) is 4. The highest BCUT2D eigenvalue weighted by molar-refractivity contribution is 6.00. The maximum atomic E-state index is 13.3. The Morgan fingerprint density at radius 3 is 2.50 bits per heavy atom. The first-order chi connectivity index (χ1) is 15.7. The van der Waals surface area contributed by atoms with Crippen LogP contribution in [-0.4, -0.2) is 44.4 Å². The molecule has 160 valence electrons. The van der Waals surface area contributed by atoms with Crippen LogP contribution < -0.4 is 5.32 Å². The Kier molecular flexibility index (Phi) is 5.37. The summed E-state index contributed by atoms with van der Waals surface area (Å²) in [5.41, 5.74) is 3.60. The Morgan fingerprint density at radius 2 is 1.72 bits per heavy atom. The zero-order chi connectivity index (χ0) is 21.9. The smallest absolute Gasteiger partial charge is 0.259 e. The van der Waals surface area contributed by atoms with Crippen LogP contribution in [0.4, 0.5) is 5.69 Å². The van der Waals surface area contributed by atoms with E-state index in [4.69, 9.17) is 0 Å². The van der Waals surface area contributed by atoms with Gasteiger partial charge in [0.1, 0.15) is 5.56 Å². The number of fused-ring (bicyclic) bond motifs is 1. The number of piperidine rings is 1. The van der Waals surface area contributed by atoms with E-state index in [0.717, 1.165) is 29.8 Å². The Bertz CT molecular complexity index is 1250. The van der Waals surface area contributed by atoms with Crippen LogP contribution in [-0.2, 0) is 4.79 Å². The van der Waals surface area contributed by atoms with E-state index in [-0.39, 0.29) is 17.7 Å². The van der Waals surface area contributed by atoms with Gasteiger partial charge in [0.2, 0.25) is 5.91 Å². The first-order valence-corrected chi connectivity index (χ1v) is 10.7. The van der Waals surface area contributed by atoms with Crippen LogP contribution in [0.5, 0.6) is 0 Å². The summed E-state index contributed by atoms with van der Waals surface area (Å²) in [6, 6.07) is 21.2. The highest BCUT2D eigenvalue weighted by Gasteiger charge is 2.30. The second kappa shape index (κ2) is 8.63. The molecule has 7 nitrogen and oxygen atoms in total. The van der Waals surface area contributed by atoms with Crippen molar-refractivity contribution in [2.75, 3.05) is 18.4 Å². The topological polar surface area (TPSA) is 79.6 Å². The number of amides is 2. The molecule has 1 aliphatic rings. The predicted molar refractivity (Wildman–Crippen MR) is 122 cm³/mol. The first-order valence-electron chi connectivity index (χ1n) is 10.7. The summed E-state index contributed by atoms with van der Waals surface area (Å²) in [5.74, 6) is -0.449. The average molecular weight is 425 g/mol. The van der Waals surface area contributed by atoms with Crippen molar-refractivity contribution in [2.24, 2.45) is 5.92 Å². The third kappa shape index (κ3) is 3.85. The quantitative estimate of drug-likeness (QED) is 0.538. The molecule has 4 aromatic rings. The minimum atomic E-state index is -0.248. The van der Waals surface area contributed by atoms with Gasteiger partial charge in [-0.05, 0) is 31.0 Å². The van der Waals surface area contributed by atoms with Crippen molar-refractivity contribution in [3.05, 3.63) is 84.7 Å². The summed E-state index contributed by atoms with van der Waals surface area (Å²) in [7, 11) is 0. The second-order valence-corrected chi connectivity index (χ2v) is 7.94. The summed E-state index contributed by atoms with van der Waals surface area (Å²) in [6.07, 6.45) is 4.81. The summed E-state index contributed by atoms with van der Waals surface area (Å²) >= 11 is 0. The molecule has 32 heavy (non-hydrogen) atoms. The lowest BCUT2D eigenvalue weighted by atomic mass is 9.96. The monoisotopic (exact) mass is 425 g/mol. The predicted octanol–water partition coefficient (Wildman–Crippen LogP) is 3.89. The number of nitrogens with one attached hydrogen (secondary N) is 1. The van der Waals surface area contributed by atoms with Crippen LogP contribution in [0.1, 0.15) is 23.2 Å². The number of carbonyl (C=O) groups excluding carboxylic acids is 2. The van der Waals surface area contributed by atoms with Crippen molar-refractivity contribution in [1.29, 1.82) is 0 Å². The molecule has 1 saturated heterocycles. The Morgan fingerprint density at radius 1 is 0.969 bits per heavy atom. The van der Waals surface area contributed by atoms with Crippen LogP contribution in [0.25, 0.3) is 16.9 Å². The van der Waals surface area contributed by atoms with E-state index in [2.05, 4.69) is 15.4 Å². The molecule has 1 unspecified atom stereocenters. The van der Waals surface area contributed by atoms with Crippen LogP contribution in [0.2, 0.25) is 0 Å². The summed E-state index contributed by atoms with van der Waals surface area (Å²) < 4.78 is 1.70. The summed E-state index contributed by atoms with van der Waals surface area (Å²) in [5, 5.41) is 7.40.